The zero-order valence-corrected chi connectivity index (χ0v) is 14.0. The summed E-state index contributed by atoms with van der Waals surface area (Å²) in [5, 5.41) is 3.97. The molecule has 0 radical (unpaired) electrons. The summed E-state index contributed by atoms with van der Waals surface area (Å²) in [6.45, 7) is 8.83. The highest BCUT2D eigenvalue weighted by molar-refractivity contribution is 5.73. The molecule has 2 atom stereocenters. The Morgan fingerprint density at radius 1 is 1.43 bits per heavy atom. The Morgan fingerprint density at radius 3 is 2.96 bits per heavy atom. The second kappa shape index (κ2) is 7.40. The van der Waals surface area contributed by atoms with E-state index >= 15 is 0 Å². The molecule has 0 spiro atoms. The number of carbonyl (C=O) groups is 1. The van der Waals surface area contributed by atoms with Gasteiger partial charge in [0.05, 0.1) is 13.2 Å². The molecule has 1 aromatic heterocycles. The second-order valence-electron chi connectivity index (χ2n) is 6.54. The number of aromatic nitrogens is 2. The van der Waals surface area contributed by atoms with Crippen molar-refractivity contribution in [1.82, 2.24) is 19.9 Å². The molecule has 0 aromatic carbocycles. The van der Waals surface area contributed by atoms with Gasteiger partial charge in [-0.05, 0) is 18.8 Å². The molecule has 2 aliphatic heterocycles. The third-order valence-corrected chi connectivity index (χ3v) is 4.76. The monoisotopic (exact) mass is 322 g/mol. The van der Waals surface area contributed by atoms with E-state index in [4.69, 9.17) is 9.26 Å². The molecule has 0 N–H and O–H groups in total. The van der Waals surface area contributed by atoms with E-state index in [9.17, 15) is 4.79 Å². The minimum Gasteiger partial charge on any atom is -0.381 e. The summed E-state index contributed by atoms with van der Waals surface area (Å²) in [5.74, 6) is 1.94. The summed E-state index contributed by atoms with van der Waals surface area (Å²) in [4.78, 5) is 20.7. The van der Waals surface area contributed by atoms with Gasteiger partial charge in [0, 0.05) is 45.6 Å². The summed E-state index contributed by atoms with van der Waals surface area (Å²) >= 11 is 0. The molecule has 3 rings (SSSR count). The molecule has 0 unspecified atom stereocenters. The van der Waals surface area contributed by atoms with E-state index < -0.39 is 0 Å². The number of carbonyl (C=O) groups excluding carboxylic acids is 1. The first kappa shape index (κ1) is 16.4. The first-order valence-corrected chi connectivity index (χ1v) is 8.54. The van der Waals surface area contributed by atoms with Crippen LogP contribution in [0.3, 0.4) is 0 Å². The van der Waals surface area contributed by atoms with E-state index in [2.05, 4.69) is 15.0 Å². The smallest absolute Gasteiger partial charge is 0.226 e. The molecule has 1 aromatic rings. The number of aryl methyl sites for hydroxylation is 1. The van der Waals surface area contributed by atoms with Gasteiger partial charge in [-0.1, -0.05) is 12.1 Å². The van der Waals surface area contributed by atoms with E-state index in [1.54, 1.807) is 6.92 Å². The highest BCUT2D eigenvalue weighted by atomic mass is 16.5. The Kier molecular flexibility index (Phi) is 5.27. The van der Waals surface area contributed by atoms with Gasteiger partial charge in [-0.15, -0.1) is 0 Å². The van der Waals surface area contributed by atoms with Crippen LogP contribution in [0.2, 0.25) is 0 Å². The van der Waals surface area contributed by atoms with Crippen LogP contribution in [-0.4, -0.2) is 64.7 Å². The average molecular weight is 322 g/mol. The van der Waals surface area contributed by atoms with Gasteiger partial charge >= 0.3 is 0 Å². The summed E-state index contributed by atoms with van der Waals surface area (Å²) in [7, 11) is 0. The van der Waals surface area contributed by atoms with Crippen LogP contribution < -0.4 is 0 Å². The lowest BCUT2D eigenvalue weighted by molar-refractivity contribution is -0.131. The summed E-state index contributed by atoms with van der Waals surface area (Å²) < 4.78 is 10.6. The molecule has 128 valence electrons. The maximum atomic E-state index is 12.1. The third-order valence-electron chi connectivity index (χ3n) is 4.76. The molecular formula is C16H26N4O3. The van der Waals surface area contributed by atoms with Crippen LogP contribution in [0.25, 0.3) is 0 Å². The van der Waals surface area contributed by atoms with Crippen LogP contribution in [0.5, 0.6) is 0 Å². The predicted octanol–water partition coefficient (Wildman–Crippen LogP) is 1.09. The fourth-order valence-electron chi connectivity index (χ4n) is 3.47. The molecule has 0 bridgehead atoms. The highest BCUT2D eigenvalue weighted by Crippen LogP contribution is 2.21. The van der Waals surface area contributed by atoms with Gasteiger partial charge in [-0.25, -0.2) is 0 Å². The first-order valence-electron chi connectivity index (χ1n) is 8.54. The van der Waals surface area contributed by atoms with E-state index in [0.29, 0.717) is 30.6 Å². The molecule has 7 nitrogen and oxygen atoms in total. The number of hydrogen-bond acceptors (Lipinski definition) is 6. The number of rotatable bonds is 6. The van der Waals surface area contributed by atoms with Crippen molar-refractivity contribution < 1.29 is 14.1 Å². The van der Waals surface area contributed by atoms with Gasteiger partial charge in [0.1, 0.15) is 0 Å². The molecular weight excluding hydrogens is 296 g/mol. The second-order valence-corrected chi connectivity index (χ2v) is 6.54. The maximum absolute atomic E-state index is 12.1. The van der Waals surface area contributed by atoms with Crippen LogP contribution in [0.1, 0.15) is 38.4 Å². The van der Waals surface area contributed by atoms with E-state index in [-0.39, 0.29) is 11.9 Å². The Balaban J connectivity index is 1.56. The van der Waals surface area contributed by atoms with Crippen LogP contribution in [0, 0.1) is 5.92 Å². The van der Waals surface area contributed by atoms with Gasteiger partial charge in [0.25, 0.3) is 0 Å². The van der Waals surface area contributed by atoms with Crippen molar-refractivity contribution in [2.24, 2.45) is 5.92 Å². The Morgan fingerprint density at radius 2 is 2.30 bits per heavy atom. The molecule has 0 saturated carbocycles. The zero-order valence-electron chi connectivity index (χ0n) is 14.0. The summed E-state index contributed by atoms with van der Waals surface area (Å²) in [6, 6.07) is 0.235. The lowest BCUT2D eigenvalue weighted by Gasteiger charge is -2.27. The van der Waals surface area contributed by atoms with E-state index in [1.807, 2.05) is 11.8 Å². The van der Waals surface area contributed by atoms with Crippen molar-refractivity contribution in [1.29, 1.82) is 0 Å². The standard InChI is InChI=1S/C16H26N4O3/c1-3-16-17-15(18-23-16)10-20(12(2)21)14-4-6-19(9-14)8-13-5-7-22-11-13/h13-14H,3-11H2,1-2H3/t13-,14+/m1/s1. The fourth-order valence-corrected chi connectivity index (χ4v) is 3.47. The van der Waals surface area contributed by atoms with E-state index in [0.717, 1.165) is 45.7 Å². The minimum atomic E-state index is 0.0731. The number of nitrogens with zero attached hydrogens (tertiary/aromatic N) is 4. The number of hydrogen-bond donors (Lipinski definition) is 0. The molecule has 23 heavy (non-hydrogen) atoms. The van der Waals surface area contributed by atoms with Gasteiger partial charge in [0.15, 0.2) is 5.82 Å². The number of ether oxygens (including phenoxy) is 1. The van der Waals surface area contributed by atoms with Crippen LogP contribution in [0.4, 0.5) is 0 Å². The molecule has 3 heterocycles. The summed E-state index contributed by atoms with van der Waals surface area (Å²) in [6.07, 6.45) is 2.87. The molecule has 7 heteroatoms. The lowest BCUT2D eigenvalue weighted by atomic mass is 10.1. The quantitative estimate of drug-likeness (QED) is 0.781. The number of likely N-dealkylation sites (tertiary alicyclic amines) is 1. The molecule has 1 amide bonds. The van der Waals surface area contributed by atoms with Gasteiger partial charge < -0.3 is 19.1 Å². The first-order chi connectivity index (χ1) is 11.2. The largest absolute Gasteiger partial charge is 0.381 e. The minimum absolute atomic E-state index is 0.0731. The van der Waals surface area contributed by atoms with Crippen LogP contribution >= 0.6 is 0 Å². The van der Waals surface area contributed by atoms with Gasteiger partial charge in [-0.2, -0.15) is 4.98 Å². The molecule has 0 aliphatic carbocycles. The Hall–Kier alpha value is -1.47. The van der Waals surface area contributed by atoms with Crippen LogP contribution in [-0.2, 0) is 22.5 Å². The van der Waals surface area contributed by atoms with E-state index in [1.165, 1.54) is 0 Å². The average Bonchev–Trinajstić information content (AvgIpc) is 3.26. The van der Waals surface area contributed by atoms with Gasteiger partial charge in [0.2, 0.25) is 11.8 Å². The lowest BCUT2D eigenvalue weighted by Crippen LogP contribution is -2.41. The van der Waals surface area contributed by atoms with Crippen LogP contribution in [0.15, 0.2) is 4.52 Å². The van der Waals surface area contributed by atoms with Crippen molar-refractivity contribution in [2.45, 2.75) is 45.7 Å². The molecule has 2 saturated heterocycles. The molecule has 2 aliphatic rings. The van der Waals surface area contributed by atoms with Crippen molar-refractivity contribution in [3.8, 4) is 0 Å². The summed E-state index contributed by atoms with van der Waals surface area (Å²) in [5.41, 5.74) is 0. The molecule has 2 fully saturated rings. The maximum Gasteiger partial charge on any atom is 0.226 e. The number of amides is 1. The SMILES string of the molecule is CCc1nc(CN(C(C)=O)[C@H]2CCN(C[C@H]3CCOC3)C2)no1. The third kappa shape index (κ3) is 4.09. The van der Waals surface area contributed by atoms with Gasteiger partial charge in [-0.3, -0.25) is 4.79 Å². The zero-order chi connectivity index (χ0) is 16.2. The van der Waals surface area contributed by atoms with Crippen molar-refractivity contribution in [3.63, 3.8) is 0 Å². The predicted molar refractivity (Wildman–Crippen MR) is 83.7 cm³/mol. The van der Waals surface area contributed by atoms with Crippen molar-refractivity contribution in [2.75, 3.05) is 32.8 Å². The normalized spacial score (nSPS) is 25.1. The highest BCUT2D eigenvalue weighted by Gasteiger charge is 2.31. The van der Waals surface area contributed by atoms with Crippen molar-refractivity contribution in [3.05, 3.63) is 11.7 Å². The Labute approximate surface area is 137 Å². The Bertz CT molecular complexity index is 527. The fraction of sp³-hybridized carbons (Fsp3) is 0.812. The van der Waals surface area contributed by atoms with Crippen molar-refractivity contribution >= 4 is 5.91 Å². The topological polar surface area (TPSA) is 71.7 Å².